The number of aromatic nitrogens is 2. The van der Waals surface area contributed by atoms with E-state index in [4.69, 9.17) is 4.52 Å². The zero-order valence-corrected chi connectivity index (χ0v) is 22.6. The van der Waals surface area contributed by atoms with Gasteiger partial charge in [-0.15, -0.1) is 0 Å². The Bertz CT molecular complexity index is 1390. The van der Waals surface area contributed by atoms with Crippen LogP contribution in [0.25, 0.3) is 12.2 Å². The van der Waals surface area contributed by atoms with Crippen molar-refractivity contribution in [2.24, 2.45) is 5.92 Å². The first kappa shape index (κ1) is 26.1. The third-order valence-electron chi connectivity index (χ3n) is 7.23. The highest BCUT2D eigenvalue weighted by atomic mass is 32.2. The molecule has 0 bridgehead atoms. The fraction of sp³-hybridized carbons (Fsp3) is 0.393. The van der Waals surface area contributed by atoms with Crippen molar-refractivity contribution < 1.29 is 17.7 Å². The molecule has 10 heteroatoms. The van der Waals surface area contributed by atoms with Crippen LogP contribution in [0.1, 0.15) is 35.4 Å². The van der Waals surface area contributed by atoms with Crippen LogP contribution in [0.2, 0.25) is 0 Å². The maximum absolute atomic E-state index is 13.7. The summed E-state index contributed by atoms with van der Waals surface area (Å²) < 4.78 is 34.3. The molecule has 1 aromatic carbocycles. The van der Waals surface area contributed by atoms with Gasteiger partial charge in [0.15, 0.2) is 10.7 Å². The lowest BCUT2D eigenvalue weighted by Crippen LogP contribution is -2.53. The van der Waals surface area contributed by atoms with Crippen LogP contribution in [0.3, 0.4) is 0 Å². The summed E-state index contributed by atoms with van der Waals surface area (Å²) in [6.07, 6.45) is 6.53. The standard InChI is InChI=1S/C28H33N5O4S/c1-21-8-10-23(11-9-21)12-13-25-27(22(2)30-37-25)38(35,36)33-15-5-6-24(20-33)28(34)32-18-16-31(17-19-32)26-7-3-4-14-29-26/h3-4,7-14,24H,5-6,15-20H2,1-2H3/b13-12+/t24-/m0/s1. The number of aryl methyl sites for hydroxylation is 2. The van der Waals surface area contributed by atoms with Crippen molar-refractivity contribution in [3.8, 4) is 0 Å². The number of anilines is 1. The predicted octanol–water partition coefficient (Wildman–Crippen LogP) is 3.61. The van der Waals surface area contributed by atoms with E-state index in [9.17, 15) is 13.2 Å². The van der Waals surface area contributed by atoms with E-state index in [1.807, 2.05) is 60.4 Å². The lowest BCUT2D eigenvalue weighted by atomic mass is 9.98. The second-order valence-electron chi connectivity index (χ2n) is 9.91. The van der Waals surface area contributed by atoms with Gasteiger partial charge in [-0.2, -0.15) is 4.31 Å². The van der Waals surface area contributed by atoms with E-state index in [1.54, 1.807) is 19.2 Å². The van der Waals surface area contributed by atoms with E-state index in [0.717, 1.165) is 16.9 Å². The highest BCUT2D eigenvalue weighted by Crippen LogP contribution is 2.30. The number of amides is 1. The van der Waals surface area contributed by atoms with E-state index in [1.165, 1.54) is 4.31 Å². The second-order valence-corrected chi connectivity index (χ2v) is 11.8. The average Bonchev–Trinajstić information content (AvgIpc) is 3.34. The minimum atomic E-state index is -3.89. The average molecular weight is 536 g/mol. The number of piperazine rings is 1. The maximum Gasteiger partial charge on any atom is 0.248 e. The summed E-state index contributed by atoms with van der Waals surface area (Å²) in [6.45, 7) is 6.76. The molecule has 1 amide bonds. The molecule has 2 saturated heterocycles. The Hall–Kier alpha value is -3.50. The molecule has 2 aliphatic heterocycles. The lowest BCUT2D eigenvalue weighted by Gasteiger charge is -2.39. The number of rotatable bonds is 6. The number of carbonyl (C=O) groups excluding carboxylic acids is 1. The number of pyridine rings is 1. The van der Waals surface area contributed by atoms with Crippen molar-refractivity contribution in [3.05, 3.63) is 71.2 Å². The zero-order chi connectivity index (χ0) is 26.7. The molecule has 200 valence electrons. The fourth-order valence-electron chi connectivity index (χ4n) is 5.09. The van der Waals surface area contributed by atoms with Crippen molar-refractivity contribution in [2.75, 3.05) is 44.2 Å². The second kappa shape index (κ2) is 11.1. The molecule has 0 N–H and O–H groups in total. The van der Waals surface area contributed by atoms with E-state index >= 15 is 0 Å². The molecule has 3 aromatic rings. The Balaban J connectivity index is 1.27. The highest BCUT2D eigenvalue weighted by Gasteiger charge is 2.38. The SMILES string of the molecule is Cc1ccc(/C=C/c2onc(C)c2S(=O)(=O)N2CCC[C@H](C(=O)N3CCN(c4ccccn4)CC3)C2)cc1. The van der Waals surface area contributed by atoms with Crippen molar-refractivity contribution in [3.63, 3.8) is 0 Å². The van der Waals surface area contributed by atoms with Gasteiger partial charge in [0.25, 0.3) is 0 Å². The van der Waals surface area contributed by atoms with Crippen LogP contribution in [0, 0.1) is 19.8 Å². The normalized spacial score (nSPS) is 19.3. The molecule has 2 fully saturated rings. The summed E-state index contributed by atoms with van der Waals surface area (Å²) in [5.74, 6) is 0.756. The van der Waals surface area contributed by atoms with Gasteiger partial charge in [0.05, 0.1) is 5.92 Å². The van der Waals surface area contributed by atoms with Gasteiger partial charge in [0.2, 0.25) is 15.9 Å². The largest absolute Gasteiger partial charge is 0.355 e. The summed E-state index contributed by atoms with van der Waals surface area (Å²) >= 11 is 0. The molecule has 4 heterocycles. The van der Waals surface area contributed by atoms with Gasteiger partial charge >= 0.3 is 0 Å². The van der Waals surface area contributed by atoms with Gasteiger partial charge in [0, 0.05) is 45.5 Å². The van der Waals surface area contributed by atoms with Crippen LogP contribution >= 0.6 is 0 Å². The third kappa shape index (κ3) is 5.51. The molecule has 0 spiro atoms. The van der Waals surface area contributed by atoms with E-state index < -0.39 is 10.0 Å². The molecule has 38 heavy (non-hydrogen) atoms. The molecule has 0 aliphatic carbocycles. The monoisotopic (exact) mass is 535 g/mol. The summed E-state index contributed by atoms with van der Waals surface area (Å²) in [7, 11) is -3.89. The van der Waals surface area contributed by atoms with Gasteiger partial charge in [-0.1, -0.05) is 47.1 Å². The number of sulfonamides is 1. The van der Waals surface area contributed by atoms with Crippen LogP contribution < -0.4 is 4.90 Å². The van der Waals surface area contributed by atoms with Gasteiger partial charge in [-0.05, 0) is 50.5 Å². The van der Waals surface area contributed by atoms with Crippen LogP contribution in [0.4, 0.5) is 5.82 Å². The Labute approximate surface area is 223 Å². The van der Waals surface area contributed by atoms with Crippen molar-refractivity contribution >= 4 is 33.9 Å². The van der Waals surface area contributed by atoms with Gasteiger partial charge in [-0.25, -0.2) is 13.4 Å². The topological polar surface area (TPSA) is 99.8 Å². The molecule has 2 aliphatic rings. The first-order chi connectivity index (χ1) is 18.3. The van der Waals surface area contributed by atoms with Crippen LogP contribution in [-0.2, 0) is 14.8 Å². The highest BCUT2D eigenvalue weighted by molar-refractivity contribution is 7.89. The van der Waals surface area contributed by atoms with Crippen molar-refractivity contribution in [1.82, 2.24) is 19.3 Å². The molecule has 5 rings (SSSR count). The zero-order valence-electron chi connectivity index (χ0n) is 21.8. The number of piperidine rings is 1. The number of nitrogens with zero attached hydrogens (tertiary/aromatic N) is 5. The number of carbonyl (C=O) groups is 1. The molecular weight excluding hydrogens is 502 g/mol. The maximum atomic E-state index is 13.7. The van der Waals surface area contributed by atoms with E-state index in [-0.39, 0.29) is 29.0 Å². The number of hydrogen-bond donors (Lipinski definition) is 0. The summed E-state index contributed by atoms with van der Waals surface area (Å²) in [5.41, 5.74) is 2.39. The molecular formula is C28H33N5O4S. The van der Waals surface area contributed by atoms with Crippen LogP contribution in [0.5, 0.6) is 0 Å². The Morgan fingerprint density at radius 1 is 1.00 bits per heavy atom. The van der Waals surface area contributed by atoms with Crippen LogP contribution in [-0.4, -0.2) is 72.9 Å². The smallest absolute Gasteiger partial charge is 0.248 e. The lowest BCUT2D eigenvalue weighted by molar-refractivity contribution is -0.137. The molecule has 1 atom stereocenters. The van der Waals surface area contributed by atoms with Gasteiger partial charge in [0.1, 0.15) is 11.5 Å². The molecule has 0 radical (unpaired) electrons. The Morgan fingerprint density at radius 3 is 2.47 bits per heavy atom. The number of benzene rings is 1. The summed E-state index contributed by atoms with van der Waals surface area (Å²) in [6, 6.07) is 13.7. The summed E-state index contributed by atoms with van der Waals surface area (Å²) in [4.78, 5) is 21.9. The summed E-state index contributed by atoms with van der Waals surface area (Å²) in [5, 5.41) is 3.95. The van der Waals surface area contributed by atoms with E-state index in [0.29, 0.717) is 51.3 Å². The minimum Gasteiger partial charge on any atom is -0.355 e. The third-order valence-corrected chi connectivity index (χ3v) is 9.26. The van der Waals surface area contributed by atoms with E-state index in [2.05, 4.69) is 15.0 Å². The van der Waals surface area contributed by atoms with Gasteiger partial charge in [-0.3, -0.25) is 4.79 Å². The quantitative estimate of drug-likeness (QED) is 0.475. The first-order valence-corrected chi connectivity index (χ1v) is 14.4. The molecule has 0 unspecified atom stereocenters. The van der Waals surface area contributed by atoms with Crippen LogP contribution in [0.15, 0.2) is 58.1 Å². The Morgan fingerprint density at radius 2 is 1.76 bits per heavy atom. The first-order valence-electron chi connectivity index (χ1n) is 13.0. The molecule has 9 nitrogen and oxygen atoms in total. The number of hydrogen-bond acceptors (Lipinski definition) is 7. The molecule has 2 aromatic heterocycles. The van der Waals surface area contributed by atoms with Gasteiger partial charge < -0.3 is 14.3 Å². The molecule has 0 saturated carbocycles. The van der Waals surface area contributed by atoms with Crippen molar-refractivity contribution in [1.29, 1.82) is 0 Å². The van der Waals surface area contributed by atoms with Crippen molar-refractivity contribution in [2.45, 2.75) is 31.6 Å². The Kier molecular flexibility index (Phi) is 7.62. The minimum absolute atomic E-state index is 0.0205. The predicted molar refractivity (Wildman–Crippen MR) is 146 cm³/mol. The fourth-order valence-corrected chi connectivity index (χ4v) is 6.87.